The van der Waals surface area contributed by atoms with Crippen molar-refractivity contribution in [1.29, 1.82) is 0 Å². The summed E-state index contributed by atoms with van der Waals surface area (Å²) in [4.78, 5) is 9.44. The minimum Gasteiger partial charge on any atom is -0.461 e. The van der Waals surface area contributed by atoms with Crippen LogP contribution < -0.4 is 5.32 Å². The van der Waals surface area contributed by atoms with Gasteiger partial charge in [-0.15, -0.1) is 0 Å². The SMILES string of the molecule is CCCCCn1c(-c2ccco2)nc2c(NCCCOC)ccnc21. The second-order valence-corrected chi connectivity index (χ2v) is 6.08. The number of anilines is 1. The van der Waals surface area contributed by atoms with E-state index in [0.717, 1.165) is 61.0 Å². The third-order valence-electron chi connectivity index (χ3n) is 4.20. The van der Waals surface area contributed by atoms with Crippen LogP contribution in [0.1, 0.15) is 32.6 Å². The van der Waals surface area contributed by atoms with Gasteiger partial charge in [0.15, 0.2) is 17.2 Å². The number of rotatable bonds is 10. The van der Waals surface area contributed by atoms with E-state index in [2.05, 4.69) is 21.8 Å². The van der Waals surface area contributed by atoms with Crippen molar-refractivity contribution in [2.45, 2.75) is 39.2 Å². The van der Waals surface area contributed by atoms with E-state index in [1.54, 1.807) is 13.4 Å². The minimum absolute atomic E-state index is 0.740. The number of aromatic nitrogens is 3. The van der Waals surface area contributed by atoms with Crippen LogP contribution >= 0.6 is 0 Å². The second kappa shape index (κ2) is 8.67. The molecule has 0 spiro atoms. The average molecular weight is 342 g/mol. The molecule has 0 unspecified atom stereocenters. The van der Waals surface area contributed by atoms with E-state index in [9.17, 15) is 0 Å². The van der Waals surface area contributed by atoms with Crippen LogP contribution in [0.4, 0.5) is 5.69 Å². The Hall–Kier alpha value is -2.34. The Morgan fingerprint density at radius 3 is 2.92 bits per heavy atom. The largest absolute Gasteiger partial charge is 0.461 e. The lowest BCUT2D eigenvalue weighted by atomic mass is 10.2. The topological polar surface area (TPSA) is 65.1 Å². The number of hydrogen-bond acceptors (Lipinski definition) is 5. The molecule has 0 aromatic carbocycles. The van der Waals surface area contributed by atoms with Crippen LogP contribution in [-0.2, 0) is 11.3 Å². The van der Waals surface area contributed by atoms with Crippen LogP contribution in [0, 0.1) is 0 Å². The molecular formula is C19H26N4O2. The Labute approximate surface area is 148 Å². The summed E-state index contributed by atoms with van der Waals surface area (Å²) in [5.74, 6) is 1.62. The summed E-state index contributed by atoms with van der Waals surface area (Å²) < 4.78 is 12.9. The first-order valence-corrected chi connectivity index (χ1v) is 8.97. The number of imidazole rings is 1. The Bertz CT molecular complexity index is 780. The first kappa shape index (κ1) is 17.5. The monoisotopic (exact) mass is 342 g/mol. The Balaban J connectivity index is 1.94. The molecule has 3 rings (SSSR count). The van der Waals surface area contributed by atoms with Crippen LogP contribution in [0.25, 0.3) is 22.7 Å². The number of aryl methyl sites for hydroxylation is 1. The van der Waals surface area contributed by atoms with Gasteiger partial charge in [0.05, 0.1) is 12.0 Å². The third-order valence-corrected chi connectivity index (χ3v) is 4.20. The first-order valence-electron chi connectivity index (χ1n) is 8.97. The van der Waals surface area contributed by atoms with E-state index >= 15 is 0 Å². The van der Waals surface area contributed by atoms with Crippen molar-refractivity contribution in [3.63, 3.8) is 0 Å². The molecule has 134 valence electrons. The number of hydrogen-bond donors (Lipinski definition) is 1. The smallest absolute Gasteiger partial charge is 0.178 e. The summed E-state index contributed by atoms with van der Waals surface area (Å²) in [6.45, 7) is 4.68. The molecule has 25 heavy (non-hydrogen) atoms. The van der Waals surface area contributed by atoms with Gasteiger partial charge in [-0.2, -0.15) is 0 Å². The van der Waals surface area contributed by atoms with Crippen LogP contribution in [-0.4, -0.2) is 34.8 Å². The molecule has 0 atom stereocenters. The molecule has 3 aromatic rings. The molecule has 0 aliphatic carbocycles. The lowest BCUT2D eigenvalue weighted by Gasteiger charge is -2.08. The summed E-state index contributed by atoms with van der Waals surface area (Å²) in [7, 11) is 1.72. The van der Waals surface area contributed by atoms with E-state index in [4.69, 9.17) is 14.1 Å². The summed E-state index contributed by atoms with van der Waals surface area (Å²) in [6, 6.07) is 5.82. The standard InChI is InChI=1S/C19H26N4O2/c1-3-4-5-12-23-18(16-8-6-14-25-16)22-17-15(9-11-21-19(17)23)20-10-7-13-24-2/h6,8-9,11,14H,3-5,7,10,12-13H2,1-2H3,(H,20,21). The number of methoxy groups -OCH3 is 1. The molecule has 0 saturated heterocycles. The van der Waals surface area contributed by atoms with Gasteiger partial charge in [-0.05, 0) is 31.0 Å². The van der Waals surface area contributed by atoms with Gasteiger partial charge in [0.25, 0.3) is 0 Å². The van der Waals surface area contributed by atoms with Crippen LogP contribution in [0.5, 0.6) is 0 Å². The van der Waals surface area contributed by atoms with E-state index < -0.39 is 0 Å². The molecule has 0 aliphatic heterocycles. The van der Waals surface area contributed by atoms with Crippen molar-refractivity contribution in [2.75, 3.05) is 25.6 Å². The van der Waals surface area contributed by atoms with Crippen LogP contribution in [0.3, 0.4) is 0 Å². The first-order chi connectivity index (χ1) is 12.3. The van der Waals surface area contributed by atoms with Crippen LogP contribution in [0.2, 0.25) is 0 Å². The highest BCUT2D eigenvalue weighted by atomic mass is 16.5. The van der Waals surface area contributed by atoms with Gasteiger partial charge in [0.1, 0.15) is 5.52 Å². The quantitative estimate of drug-likeness (QED) is 0.556. The molecule has 1 N–H and O–H groups in total. The van der Waals surface area contributed by atoms with Gasteiger partial charge < -0.3 is 19.0 Å². The fraction of sp³-hybridized carbons (Fsp3) is 0.474. The van der Waals surface area contributed by atoms with Gasteiger partial charge in [-0.25, -0.2) is 9.97 Å². The minimum atomic E-state index is 0.740. The maximum absolute atomic E-state index is 5.60. The van der Waals surface area contributed by atoms with Gasteiger partial charge >= 0.3 is 0 Å². The van der Waals surface area contributed by atoms with Crippen molar-refractivity contribution in [1.82, 2.24) is 14.5 Å². The zero-order valence-corrected chi connectivity index (χ0v) is 15.0. The Morgan fingerprint density at radius 2 is 2.16 bits per heavy atom. The zero-order valence-electron chi connectivity index (χ0n) is 15.0. The number of nitrogens with one attached hydrogen (secondary N) is 1. The molecule has 3 heterocycles. The van der Waals surface area contributed by atoms with E-state index in [1.165, 1.54) is 12.8 Å². The maximum atomic E-state index is 5.60. The summed E-state index contributed by atoms with van der Waals surface area (Å²) in [6.07, 6.45) is 7.94. The fourth-order valence-electron chi connectivity index (χ4n) is 2.93. The number of pyridine rings is 1. The van der Waals surface area contributed by atoms with E-state index in [0.29, 0.717) is 0 Å². The van der Waals surface area contributed by atoms with Gasteiger partial charge in [0, 0.05) is 33.0 Å². The summed E-state index contributed by atoms with van der Waals surface area (Å²) in [5.41, 5.74) is 2.80. The normalized spacial score (nSPS) is 11.3. The van der Waals surface area contributed by atoms with Crippen molar-refractivity contribution >= 4 is 16.9 Å². The van der Waals surface area contributed by atoms with Crippen molar-refractivity contribution in [3.05, 3.63) is 30.7 Å². The highest BCUT2D eigenvalue weighted by Crippen LogP contribution is 2.28. The molecule has 0 aliphatic rings. The van der Waals surface area contributed by atoms with E-state index in [1.807, 2.05) is 24.4 Å². The van der Waals surface area contributed by atoms with Gasteiger partial charge in [-0.1, -0.05) is 19.8 Å². The molecular weight excluding hydrogens is 316 g/mol. The molecule has 0 fully saturated rings. The van der Waals surface area contributed by atoms with Crippen molar-refractivity contribution < 1.29 is 9.15 Å². The second-order valence-electron chi connectivity index (χ2n) is 6.08. The molecule has 0 saturated carbocycles. The molecule has 0 bridgehead atoms. The number of furan rings is 1. The molecule has 6 heteroatoms. The highest BCUT2D eigenvalue weighted by Gasteiger charge is 2.17. The maximum Gasteiger partial charge on any atom is 0.178 e. The lowest BCUT2D eigenvalue weighted by Crippen LogP contribution is -2.05. The Kier molecular flexibility index (Phi) is 6.06. The van der Waals surface area contributed by atoms with E-state index in [-0.39, 0.29) is 0 Å². The number of nitrogens with zero attached hydrogens (tertiary/aromatic N) is 3. The van der Waals surface area contributed by atoms with Gasteiger partial charge in [0.2, 0.25) is 0 Å². The predicted octanol–water partition coefficient (Wildman–Crippen LogP) is 4.33. The third kappa shape index (κ3) is 4.02. The number of fused-ring (bicyclic) bond motifs is 1. The zero-order chi connectivity index (χ0) is 17.5. The molecule has 0 radical (unpaired) electrons. The summed E-state index contributed by atoms with van der Waals surface area (Å²) >= 11 is 0. The van der Waals surface area contributed by atoms with Crippen LogP contribution in [0.15, 0.2) is 35.1 Å². The van der Waals surface area contributed by atoms with Gasteiger partial charge in [-0.3, -0.25) is 0 Å². The molecule has 0 amide bonds. The number of unbranched alkanes of at least 4 members (excludes halogenated alkanes) is 2. The highest BCUT2D eigenvalue weighted by molar-refractivity contribution is 5.88. The average Bonchev–Trinajstić information content (AvgIpc) is 3.27. The predicted molar refractivity (Wildman–Crippen MR) is 99.7 cm³/mol. The molecule has 3 aromatic heterocycles. The summed E-state index contributed by atoms with van der Waals surface area (Å²) in [5, 5.41) is 3.45. The lowest BCUT2D eigenvalue weighted by molar-refractivity contribution is 0.198. The number of ether oxygens (including phenoxy) is 1. The van der Waals surface area contributed by atoms with Crippen molar-refractivity contribution in [2.24, 2.45) is 0 Å². The van der Waals surface area contributed by atoms with Crippen molar-refractivity contribution in [3.8, 4) is 11.6 Å². The molecule has 6 nitrogen and oxygen atoms in total. The fourth-order valence-corrected chi connectivity index (χ4v) is 2.93. The Morgan fingerprint density at radius 1 is 1.24 bits per heavy atom.